The second-order valence-electron chi connectivity index (χ2n) is 11.4. The van der Waals surface area contributed by atoms with Gasteiger partial charge in [0.05, 0.1) is 5.76 Å². The summed E-state index contributed by atoms with van der Waals surface area (Å²) in [7, 11) is 0. The quantitative estimate of drug-likeness (QED) is 0.109. The number of rotatable bonds is 2. The van der Waals surface area contributed by atoms with Crippen molar-refractivity contribution in [3.8, 4) is 28.1 Å². The zero-order valence-electron chi connectivity index (χ0n) is 25.0. The normalized spacial score (nSPS) is 13.3. The first-order valence-corrected chi connectivity index (χ1v) is 14.8. The van der Waals surface area contributed by atoms with Gasteiger partial charge in [-0.1, -0.05) is 60.2 Å². The molecule has 4 aromatic heterocycles. The maximum absolute atomic E-state index is 10.0. The number of aromatic nitrogens is 4. The minimum absolute atomic E-state index is 0. The van der Waals surface area contributed by atoms with E-state index >= 15 is 0 Å². The molecule has 3 aromatic carbocycles. The molecule has 225 valence electrons. The summed E-state index contributed by atoms with van der Waals surface area (Å²) in [6.07, 6.45) is 10.6. The van der Waals surface area contributed by atoms with Gasteiger partial charge in [-0.15, -0.1) is 29.3 Å². The van der Waals surface area contributed by atoms with Gasteiger partial charge in [0.25, 0.3) is 0 Å². The zero-order valence-corrected chi connectivity index (χ0v) is 27.4. The molecule has 0 atom stereocenters. The van der Waals surface area contributed by atoms with Crippen LogP contribution in [0.1, 0.15) is 36.1 Å². The van der Waals surface area contributed by atoms with Gasteiger partial charge in [0.15, 0.2) is 5.78 Å². The van der Waals surface area contributed by atoms with Crippen LogP contribution in [-0.4, -0.2) is 30.4 Å². The molecule has 2 aliphatic carbocycles. The van der Waals surface area contributed by atoms with Gasteiger partial charge in [0.2, 0.25) is 0 Å². The average Bonchev–Trinajstić information content (AvgIpc) is 3.66. The summed E-state index contributed by atoms with van der Waals surface area (Å²) >= 11 is 0. The Morgan fingerprint density at radius 3 is 1.93 bits per heavy atom. The molecule has 0 fully saturated rings. The molecule has 0 bridgehead atoms. The Hall–Kier alpha value is -5.23. The van der Waals surface area contributed by atoms with Crippen molar-refractivity contribution in [2.24, 2.45) is 0 Å². The van der Waals surface area contributed by atoms with Gasteiger partial charge >= 0.3 is 0 Å². The van der Waals surface area contributed by atoms with Gasteiger partial charge < -0.3 is 14.7 Å². The monoisotopic (exact) mass is 776 g/mol. The SMILES string of the molecule is CC(=O)/C=C(/C)O.[Ir].[c-]1cc(-n2c3ccncc3c3cnccc32)cc2c1-c1ncccc1C21c2ccccc2-c2ccccc21. The van der Waals surface area contributed by atoms with Gasteiger partial charge in [-0.05, 0) is 65.7 Å². The standard InChI is InChI=1S/C34H19N4.C5H8O2.Ir/c1-3-8-27-22(6-1)23-7-2-4-9-28(23)34(27)29-10-5-15-37-33(29)24-12-11-21(18-30(24)34)38-31-13-16-35-19-25(31)26-20-36-17-14-32(26)38;1-4(6)3-5(2)7;/h1-11,13-20H;3,6H,1-2H3;/q-1;;/b;4-3-;. The van der Waals surface area contributed by atoms with E-state index in [0.717, 1.165) is 38.8 Å². The van der Waals surface area contributed by atoms with Crippen LogP contribution in [0.25, 0.3) is 49.9 Å². The van der Waals surface area contributed by atoms with Crippen molar-refractivity contribution in [3.63, 3.8) is 0 Å². The maximum atomic E-state index is 10.0. The molecule has 1 spiro atoms. The van der Waals surface area contributed by atoms with Crippen LogP contribution in [0.2, 0.25) is 0 Å². The Bertz CT molecular complexity index is 2240. The fourth-order valence-electron chi connectivity index (χ4n) is 7.26. The molecule has 6 nitrogen and oxygen atoms in total. The van der Waals surface area contributed by atoms with Crippen molar-refractivity contribution >= 4 is 27.6 Å². The Labute approximate surface area is 279 Å². The number of fused-ring (bicyclic) bond motifs is 13. The van der Waals surface area contributed by atoms with E-state index in [1.54, 1.807) is 0 Å². The van der Waals surface area contributed by atoms with Gasteiger partial charge in [0.1, 0.15) is 0 Å². The third-order valence-corrected chi connectivity index (χ3v) is 8.77. The van der Waals surface area contributed by atoms with Crippen molar-refractivity contribution in [2.45, 2.75) is 19.3 Å². The summed E-state index contributed by atoms with van der Waals surface area (Å²) in [5.74, 6) is -0.0625. The van der Waals surface area contributed by atoms with E-state index in [1.807, 2.05) is 31.0 Å². The summed E-state index contributed by atoms with van der Waals surface area (Å²) in [4.78, 5) is 23.7. The number of nitrogens with zero attached hydrogens (tertiary/aromatic N) is 4. The number of pyridine rings is 3. The number of ketones is 1. The first kappa shape index (κ1) is 29.5. The van der Waals surface area contributed by atoms with Crippen LogP contribution >= 0.6 is 0 Å². The molecule has 0 aliphatic heterocycles. The Morgan fingerprint density at radius 1 is 0.783 bits per heavy atom. The van der Waals surface area contributed by atoms with Crippen LogP contribution in [0, 0.1) is 6.07 Å². The molecule has 0 amide bonds. The second kappa shape index (κ2) is 11.3. The fourth-order valence-corrected chi connectivity index (χ4v) is 7.26. The van der Waals surface area contributed by atoms with Crippen LogP contribution in [0.4, 0.5) is 0 Å². The fraction of sp³-hybridized carbons (Fsp3) is 0.0769. The van der Waals surface area contributed by atoms with Gasteiger partial charge in [-0.3, -0.25) is 14.8 Å². The molecule has 1 radical (unpaired) electrons. The van der Waals surface area contributed by atoms with Crippen molar-refractivity contribution in [1.82, 2.24) is 19.5 Å². The predicted molar refractivity (Wildman–Crippen MR) is 176 cm³/mol. The largest absolute Gasteiger partial charge is 0.512 e. The number of benzene rings is 3. The topological polar surface area (TPSA) is 80.9 Å². The van der Waals surface area contributed by atoms with E-state index in [9.17, 15) is 4.79 Å². The number of carbonyl (C=O) groups is 1. The van der Waals surface area contributed by atoms with E-state index < -0.39 is 5.41 Å². The molecule has 0 saturated carbocycles. The number of hydrogen-bond acceptors (Lipinski definition) is 5. The number of carbonyl (C=O) groups excluding carboxylic acids is 1. The van der Waals surface area contributed by atoms with E-state index in [0.29, 0.717) is 0 Å². The maximum Gasteiger partial charge on any atom is 0.155 e. The van der Waals surface area contributed by atoms with Crippen molar-refractivity contribution in [2.75, 3.05) is 0 Å². The minimum Gasteiger partial charge on any atom is -0.512 e. The summed E-state index contributed by atoms with van der Waals surface area (Å²) in [6, 6.07) is 34.2. The van der Waals surface area contributed by atoms with E-state index in [1.165, 1.54) is 53.3 Å². The molecule has 7 aromatic rings. The number of allylic oxidation sites excluding steroid dienone is 2. The average molecular weight is 776 g/mol. The molecule has 2 aliphatic rings. The number of hydrogen-bond donors (Lipinski definition) is 1. The number of aliphatic hydroxyl groups is 1. The summed E-state index contributed by atoms with van der Waals surface area (Å²) in [5.41, 5.74) is 12.5. The Balaban J connectivity index is 0.000000384. The van der Waals surface area contributed by atoms with Gasteiger partial charge in [-0.2, -0.15) is 0 Å². The van der Waals surface area contributed by atoms with Crippen LogP contribution < -0.4 is 0 Å². The first-order chi connectivity index (χ1) is 22.0. The summed E-state index contributed by atoms with van der Waals surface area (Å²) in [5, 5.41) is 10.5. The van der Waals surface area contributed by atoms with Crippen LogP contribution in [0.3, 0.4) is 0 Å². The molecule has 1 N–H and O–H groups in total. The molecular formula is C39H27IrN4O2-. The van der Waals surface area contributed by atoms with Crippen LogP contribution in [0.5, 0.6) is 0 Å². The minimum atomic E-state index is -0.444. The van der Waals surface area contributed by atoms with Crippen molar-refractivity contribution in [3.05, 3.63) is 156 Å². The Kier molecular flexibility index (Phi) is 7.23. The smallest absolute Gasteiger partial charge is 0.155 e. The molecule has 7 heteroatoms. The third-order valence-electron chi connectivity index (χ3n) is 8.77. The Morgan fingerprint density at radius 2 is 1.37 bits per heavy atom. The van der Waals surface area contributed by atoms with Gasteiger partial charge in [0, 0.05) is 84.4 Å². The molecule has 0 saturated heterocycles. The van der Waals surface area contributed by atoms with Crippen molar-refractivity contribution < 1.29 is 30.0 Å². The molecular weight excluding hydrogens is 749 g/mol. The van der Waals surface area contributed by atoms with E-state index in [-0.39, 0.29) is 31.6 Å². The zero-order chi connectivity index (χ0) is 30.7. The summed E-state index contributed by atoms with van der Waals surface area (Å²) in [6.45, 7) is 2.85. The first-order valence-electron chi connectivity index (χ1n) is 14.8. The predicted octanol–water partition coefficient (Wildman–Crippen LogP) is 8.15. The molecule has 46 heavy (non-hydrogen) atoms. The third kappa shape index (κ3) is 4.20. The molecule has 4 heterocycles. The van der Waals surface area contributed by atoms with Gasteiger partial charge in [-0.25, -0.2) is 0 Å². The van der Waals surface area contributed by atoms with Crippen LogP contribution in [0.15, 0.2) is 128 Å². The van der Waals surface area contributed by atoms with Crippen molar-refractivity contribution in [1.29, 1.82) is 0 Å². The van der Waals surface area contributed by atoms with E-state index in [4.69, 9.17) is 10.1 Å². The van der Waals surface area contributed by atoms with Crippen LogP contribution in [-0.2, 0) is 30.3 Å². The van der Waals surface area contributed by atoms with E-state index in [2.05, 4.69) is 106 Å². The number of aliphatic hydroxyl groups excluding tert-OH is 1. The second-order valence-corrected chi connectivity index (χ2v) is 11.4. The summed E-state index contributed by atoms with van der Waals surface area (Å²) < 4.78 is 2.31. The molecule has 9 rings (SSSR count). The molecule has 0 unspecified atom stereocenters.